The highest BCUT2D eigenvalue weighted by Gasteiger charge is 2.20. The Balaban J connectivity index is 1.43. The van der Waals surface area contributed by atoms with E-state index in [9.17, 15) is 0 Å². The first-order valence-corrected chi connectivity index (χ1v) is 13.5. The number of fused-ring (bicyclic) bond motifs is 8. The zero-order valence-electron chi connectivity index (χ0n) is 21.5. The van der Waals surface area contributed by atoms with Crippen LogP contribution in [0, 0.1) is 0 Å². The molecular formula is C36H22N4. The molecular weight excluding hydrogens is 488 g/mol. The fourth-order valence-electron chi connectivity index (χ4n) is 6.27. The van der Waals surface area contributed by atoms with E-state index in [0.717, 1.165) is 50.0 Å². The number of benzene rings is 5. The number of para-hydroxylation sites is 1. The van der Waals surface area contributed by atoms with Gasteiger partial charge in [0.25, 0.3) is 0 Å². The quantitative estimate of drug-likeness (QED) is 0.233. The monoisotopic (exact) mass is 510 g/mol. The van der Waals surface area contributed by atoms with Crippen molar-refractivity contribution in [3.8, 4) is 11.4 Å². The Kier molecular flexibility index (Phi) is 4.30. The summed E-state index contributed by atoms with van der Waals surface area (Å²) < 4.78 is 4.55. The minimum absolute atomic E-state index is 0.904. The predicted octanol–water partition coefficient (Wildman–Crippen LogP) is 8.98. The van der Waals surface area contributed by atoms with Crippen LogP contribution in [0.3, 0.4) is 0 Å². The van der Waals surface area contributed by atoms with E-state index in [4.69, 9.17) is 9.97 Å². The number of aromatic nitrogens is 4. The summed E-state index contributed by atoms with van der Waals surface area (Å²) in [6.07, 6.45) is 1.87. The lowest BCUT2D eigenvalue weighted by Crippen LogP contribution is -1.99. The third-order valence-electron chi connectivity index (χ3n) is 8.11. The van der Waals surface area contributed by atoms with Crippen molar-refractivity contribution >= 4 is 65.5 Å². The summed E-state index contributed by atoms with van der Waals surface area (Å²) in [6, 6.07) is 45.2. The maximum Gasteiger partial charge on any atom is 0.149 e. The van der Waals surface area contributed by atoms with E-state index >= 15 is 0 Å². The van der Waals surface area contributed by atoms with Crippen molar-refractivity contribution in [2.45, 2.75) is 0 Å². The van der Waals surface area contributed by atoms with Crippen molar-refractivity contribution < 1.29 is 0 Å². The van der Waals surface area contributed by atoms with Crippen LogP contribution in [-0.2, 0) is 0 Å². The van der Waals surface area contributed by atoms with Crippen LogP contribution in [0.1, 0.15) is 0 Å². The normalized spacial score (nSPS) is 12.0. The van der Waals surface area contributed by atoms with Gasteiger partial charge < -0.3 is 0 Å². The molecule has 4 heteroatoms. The summed E-state index contributed by atoms with van der Waals surface area (Å²) >= 11 is 0. The van der Waals surface area contributed by atoms with Gasteiger partial charge in [-0.15, -0.1) is 0 Å². The summed E-state index contributed by atoms with van der Waals surface area (Å²) in [6.45, 7) is 0. The maximum absolute atomic E-state index is 5.45. The molecule has 0 aliphatic rings. The molecule has 0 N–H and O–H groups in total. The van der Waals surface area contributed by atoms with Gasteiger partial charge in [-0.3, -0.25) is 14.1 Å². The number of nitrogens with zero attached hydrogens (tertiary/aromatic N) is 4. The average Bonchev–Trinajstić information content (AvgIpc) is 3.51. The van der Waals surface area contributed by atoms with Crippen molar-refractivity contribution in [1.82, 2.24) is 19.1 Å². The summed E-state index contributed by atoms with van der Waals surface area (Å²) in [7, 11) is 0. The molecule has 0 bridgehead atoms. The first-order valence-electron chi connectivity index (χ1n) is 13.5. The molecule has 9 rings (SSSR count). The second kappa shape index (κ2) is 8.01. The van der Waals surface area contributed by atoms with Gasteiger partial charge in [-0.2, -0.15) is 0 Å². The number of hydrogen-bond donors (Lipinski definition) is 0. The van der Waals surface area contributed by atoms with Crippen LogP contribution in [0.5, 0.6) is 0 Å². The van der Waals surface area contributed by atoms with Gasteiger partial charge in [-0.05, 0) is 70.1 Å². The Morgan fingerprint density at radius 3 is 1.73 bits per heavy atom. The van der Waals surface area contributed by atoms with E-state index in [1.54, 1.807) is 0 Å². The minimum Gasteiger partial charge on any atom is -0.294 e. The van der Waals surface area contributed by atoms with Gasteiger partial charge in [0, 0.05) is 33.7 Å². The fraction of sp³-hybridized carbons (Fsp3) is 0. The predicted molar refractivity (Wildman–Crippen MR) is 166 cm³/mol. The van der Waals surface area contributed by atoms with Gasteiger partial charge in [0.2, 0.25) is 0 Å². The molecule has 0 spiro atoms. The second-order valence-corrected chi connectivity index (χ2v) is 10.4. The van der Waals surface area contributed by atoms with E-state index in [2.05, 4.69) is 130 Å². The first kappa shape index (κ1) is 21.5. The van der Waals surface area contributed by atoms with Gasteiger partial charge in [0.15, 0.2) is 0 Å². The Labute approximate surface area is 229 Å². The summed E-state index contributed by atoms with van der Waals surface area (Å²) in [5.41, 5.74) is 7.17. The lowest BCUT2D eigenvalue weighted by molar-refractivity contribution is 1.11. The molecule has 5 aromatic carbocycles. The van der Waals surface area contributed by atoms with Gasteiger partial charge in [-0.1, -0.05) is 78.9 Å². The number of hydrogen-bond acceptors (Lipinski definition) is 2. The van der Waals surface area contributed by atoms with Crippen LogP contribution in [0.25, 0.3) is 76.9 Å². The highest BCUT2D eigenvalue weighted by molar-refractivity contribution is 6.16. The minimum atomic E-state index is 0.904. The van der Waals surface area contributed by atoms with Crippen LogP contribution in [0.2, 0.25) is 0 Å². The van der Waals surface area contributed by atoms with Gasteiger partial charge in [-0.25, -0.2) is 4.98 Å². The van der Waals surface area contributed by atoms with Crippen LogP contribution in [-0.4, -0.2) is 19.1 Å². The molecule has 0 saturated carbocycles. The largest absolute Gasteiger partial charge is 0.294 e. The molecule has 0 saturated heterocycles. The number of pyridine rings is 2. The molecule has 0 unspecified atom stereocenters. The van der Waals surface area contributed by atoms with E-state index in [0.29, 0.717) is 0 Å². The zero-order chi connectivity index (χ0) is 26.2. The molecule has 0 radical (unpaired) electrons. The second-order valence-electron chi connectivity index (χ2n) is 10.4. The van der Waals surface area contributed by atoms with E-state index in [-0.39, 0.29) is 0 Å². The molecule has 4 nitrogen and oxygen atoms in total. The Bertz CT molecular complexity index is 2280. The molecule has 4 heterocycles. The van der Waals surface area contributed by atoms with Crippen LogP contribution >= 0.6 is 0 Å². The van der Waals surface area contributed by atoms with Gasteiger partial charge in [0.05, 0.1) is 16.6 Å². The standard InChI is InChI=1S/C36H22N4/c1-3-10-25-20-27(17-15-23(25)8-1)39-32-13-6-5-12-29(32)30-22-31-34-33(14-7-19-37-34)40(36(31)38-35(30)39)28-18-16-24-9-2-4-11-26(24)21-28/h1-22H. The summed E-state index contributed by atoms with van der Waals surface area (Å²) in [4.78, 5) is 10.3. The highest BCUT2D eigenvalue weighted by atomic mass is 15.1. The molecule has 0 aliphatic heterocycles. The third-order valence-corrected chi connectivity index (χ3v) is 8.11. The van der Waals surface area contributed by atoms with Crippen LogP contribution in [0.4, 0.5) is 0 Å². The van der Waals surface area contributed by atoms with E-state index < -0.39 is 0 Å². The third kappa shape index (κ3) is 2.96. The fourth-order valence-corrected chi connectivity index (χ4v) is 6.27. The van der Waals surface area contributed by atoms with Crippen molar-refractivity contribution in [1.29, 1.82) is 0 Å². The molecule has 0 fully saturated rings. The van der Waals surface area contributed by atoms with Crippen LogP contribution < -0.4 is 0 Å². The number of rotatable bonds is 2. The van der Waals surface area contributed by atoms with Crippen LogP contribution in [0.15, 0.2) is 134 Å². The van der Waals surface area contributed by atoms with E-state index in [1.807, 2.05) is 12.3 Å². The lowest BCUT2D eigenvalue weighted by atomic mass is 10.1. The molecule has 40 heavy (non-hydrogen) atoms. The van der Waals surface area contributed by atoms with Crippen molar-refractivity contribution in [2.75, 3.05) is 0 Å². The van der Waals surface area contributed by atoms with Crippen molar-refractivity contribution in [2.24, 2.45) is 0 Å². The maximum atomic E-state index is 5.45. The van der Waals surface area contributed by atoms with Crippen molar-refractivity contribution in [3.05, 3.63) is 134 Å². The van der Waals surface area contributed by atoms with E-state index in [1.165, 1.54) is 26.9 Å². The highest BCUT2D eigenvalue weighted by Crippen LogP contribution is 2.37. The molecule has 0 atom stereocenters. The summed E-state index contributed by atoms with van der Waals surface area (Å²) in [5, 5.41) is 8.22. The summed E-state index contributed by atoms with van der Waals surface area (Å²) in [5.74, 6) is 0. The molecule has 4 aromatic heterocycles. The van der Waals surface area contributed by atoms with Gasteiger partial charge >= 0.3 is 0 Å². The Morgan fingerprint density at radius 1 is 0.425 bits per heavy atom. The smallest absolute Gasteiger partial charge is 0.149 e. The average molecular weight is 511 g/mol. The van der Waals surface area contributed by atoms with Crippen molar-refractivity contribution in [3.63, 3.8) is 0 Å². The zero-order valence-corrected chi connectivity index (χ0v) is 21.5. The first-order chi connectivity index (χ1) is 19.8. The Morgan fingerprint density at radius 2 is 1.00 bits per heavy atom. The molecule has 0 amide bonds. The molecule has 186 valence electrons. The van der Waals surface area contributed by atoms with Gasteiger partial charge in [0.1, 0.15) is 11.3 Å². The Hall–Kier alpha value is -5.48. The topological polar surface area (TPSA) is 35.6 Å². The lowest BCUT2D eigenvalue weighted by Gasteiger charge is -2.10. The SMILES string of the molecule is c1ccc2cc(-n3c4ccccc4c4cc5c6ncccc6n(-c6ccc7ccccc7c6)c5nc43)ccc2c1. The molecule has 0 aliphatic carbocycles. The molecule has 9 aromatic rings.